The van der Waals surface area contributed by atoms with E-state index in [1.807, 2.05) is 12.1 Å². The predicted molar refractivity (Wildman–Crippen MR) is 70.4 cm³/mol. The first-order valence-electron chi connectivity index (χ1n) is 5.90. The summed E-state index contributed by atoms with van der Waals surface area (Å²) >= 11 is 0. The lowest BCUT2D eigenvalue weighted by Crippen LogP contribution is -2.01. The van der Waals surface area contributed by atoms with Gasteiger partial charge in [0.2, 0.25) is 0 Å². The highest BCUT2D eigenvalue weighted by Gasteiger charge is 2.26. The molecule has 0 amide bonds. The quantitative estimate of drug-likeness (QED) is 0.746. The van der Waals surface area contributed by atoms with Crippen molar-refractivity contribution in [1.82, 2.24) is 0 Å². The van der Waals surface area contributed by atoms with Crippen LogP contribution in [0.5, 0.6) is 0 Å². The smallest absolute Gasteiger partial charge is 0.309 e. The molecule has 0 radical (unpaired) electrons. The lowest BCUT2D eigenvalue weighted by atomic mass is 10.0. The van der Waals surface area contributed by atoms with Crippen molar-refractivity contribution in [3.8, 4) is 12.1 Å². The second-order valence-corrected chi connectivity index (χ2v) is 5.72. The molecule has 0 N–H and O–H groups in total. The van der Waals surface area contributed by atoms with Gasteiger partial charge in [-0.1, -0.05) is 12.1 Å². The maximum Gasteiger partial charge on any atom is 0.335 e. The minimum absolute atomic E-state index is 0.00685. The normalized spacial score (nSPS) is 10.7. The summed E-state index contributed by atoms with van der Waals surface area (Å²) in [6.07, 6.45) is -0.00685. The fourth-order valence-corrected chi connectivity index (χ4v) is 3.41. The molecule has 6 heteroatoms. The van der Waals surface area contributed by atoms with Gasteiger partial charge < -0.3 is 9.05 Å². The topological polar surface area (TPSA) is 83.1 Å². The van der Waals surface area contributed by atoms with Crippen LogP contribution in [0.25, 0.3) is 0 Å². The van der Waals surface area contributed by atoms with Crippen molar-refractivity contribution in [2.45, 2.75) is 20.0 Å². The first kappa shape index (κ1) is 15.4. The Morgan fingerprint density at radius 1 is 1.16 bits per heavy atom. The highest BCUT2D eigenvalue weighted by molar-refractivity contribution is 7.53. The molecule has 0 aliphatic carbocycles. The molecule has 1 aromatic carbocycles. The Morgan fingerprint density at radius 3 is 2.26 bits per heavy atom. The second kappa shape index (κ2) is 7.07. The molecule has 100 valence electrons. The molecule has 0 unspecified atom stereocenters. The first-order chi connectivity index (χ1) is 9.10. The van der Waals surface area contributed by atoms with Crippen molar-refractivity contribution in [3.05, 3.63) is 34.9 Å². The summed E-state index contributed by atoms with van der Waals surface area (Å²) in [5, 5.41) is 18.1. The van der Waals surface area contributed by atoms with Gasteiger partial charge in [-0.15, -0.1) is 0 Å². The molecule has 0 atom stereocenters. The Labute approximate surface area is 112 Å². The van der Waals surface area contributed by atoms with Crippen LogP contribution in [0.2, 0.25) is 0 Å². The standard InChI is InChI=1S/C13H15N2O3P/c1-3-17-19(16,18-4-2)10-12-7-5-6-11(8-14)13(12)9-15/h5-7H,3-4,10H2,1-2H3. The van der Waals surface area contributed by atoms with Crippen LogP contribution < -0.4 is 0 Å². The van der Waals surface area contributed by atoms with Gasteiger partial charge in [-0.2, -0.15) is 10.5 Å². The molecular formula is C13H15N2O3P. The van der Waals surface area contributed by atoms with Crippen LogP contribution in [-0.2, 0) is 19.8 Å². The molecule has 0 spiro atoms. The summed E-state index contributed by atoms with van der Waals surface area (Å²) in [6.45, 7) is 3.97. The molecule has 0 bridgehead atoms. The number of nitrogens with zero attached hydrogens (tertiary/aromatic N) is 2. The van der Waals surface area contributed by atoms with Gasteiger partial charge in [-0.05, 0) is 25.5 Å². The number of hydrogen-bond donors (Lipinski definition) is 0. The van der Waals surface area contributed by atoms with E-state index in [9.17, 15) is 4.57 Å². The number of benzene rings is 1. The van der Waals surface area contributed by atoms with Crippen molar-refractivity contribution in [2.75, 3.05) is 13.2 Å². The first-order valence-corrected chi connectivity index (χ1v) is 7.63. The highest BCUT2D eigenvalue weighted by Crippen LogP contribution is 2.51. The van der Waals surface area contributed by atoms with E-state index in [1.54, 1.807) is 32.0 Å². The Bertz CT molecular complexity index is 562. The van der Waals surface area contributed by atoms with Gasteiger partial charge in [0.25, 0.3) is 0 Å². The molecule has 0 aromatic heterocycles. The van der Waals surface area contributed by atoms with Gasteiger partial charge in [-0.3, -0.25) is 4.57 Å². The van der Waals surface area contributed by atoms with Crippen molar-refractivity contribution in [2.24, 2.45) is 0 Å². The van der Waals surface area contributed by atoms with Gasteiger partial charge >= 0.3 is 7.60 Å². The van der Waals surface area contributed by atoms with Gasteiger partial charge in [0.1, 0.15) is 12.1 Å². The fraction of sp³-hybridized carbons (Fsp3) is 0.385. The maximum atomic E-state index is 12.4. The minimum Gasteiger partial charge on any atom is -0.309 e. The largest absolute Gasteiger partial charge is 0.335 e. The van der Waals surface area contributed by atoms with Crippen LogP contribution in [0, 0.1) is 22.7 Å². The van der Waals surface area contributed by atoms with Crippen LogP contribution in [-0.4, -0.2) is 13.2 Å². The Balaban J connectivity index is 3.15. The van der Waals surface area contributed by atoms with E-state index in [1.165, 1.54) is 0 Å². The number of nitriles is 2. The molecule has 1 rings (SSSR count). The summed E-state index contributed by atoms with van der Waals surface area (Å²) in [5.41, 5.74) is 0.996. The molecule has 0 heterocycles. The predicted octanol–water partition coefficient (Wildman–Crippen LogP) is 3.20. The van der Waals surface area contributed by atoms with Gasteiger partial charge in [0, 0.05) is 0 Å². The summed E-state index contributed by atoms with van der Waals surface area (Å²) in [7, 11) is -3.27. The number of rotatable bonds is 6. The van der Waals surface area contributed by atoms with E-state index in [0.717, 1.165) is 0 Å². The lowest BCUT2D eigenvalue weighted by molar-refractivity contribution is 0.219. The van der Waals surface area contributed by atoms with E-state index >= 15 is 0 Å². The van der Waals surface area contributed by atoms with Crippen LogP contribution in [0.4, 0.5) is 0 Å². The third kappa shape index (κ3) is 3.91. The van der Waals surface area contributed by atoms with Crippen molar-refractivity contribution in [3.63, 3.8) is 0 Å². The molecule has 0 aliphatic rings. The summed E-state index contributed by atoms with van der Waals surface area (Å²) in [4.78, 5) is 0. The van der Waals surface area contributed by atoms with E-state index in [0.29, 0.717) is 5.56 Å². The van der Waals surface area contributed by atoms with E-state index < -0.39 is 7.60 Å². The maximum absolute atomic E-state index is 12.4. The Kier molecular flexibility index (Phi) is 5.73. The van der Waals surface area contributed by atoms with Crippen LogP contribution in [0.3, 0.4) is 0 Å². The van der Waals surface area contributed by atoms with Crippen LogP contribution in [0.15, 0.2) is 18.2 Å². The molecule has 0 saturated carbocycles. The average molecular weight is 278 g/mol. The van der Waals surface area contributed by atoms with E-state index in [2.05, 4.69) is 0 Å². The van der Waals surface area contributed by atoms with Crippen molar-refractivity contribution in [1.29, 1.82) is 10.5 Å². The van der Waals surface area contributed by atoms with E-state index in [-0.39, 0.29) is 30.5 Å². The molecule has 0 fully saturated rings. The molecule has 5 nitrogen and oxygen atoms in total. The van der Waals surface area contributed by atoms with Crippen LogP contribution >= 0.6 is 7.60 Å². The third-order valence-corrected chi connectivity index (χ3v) is 4.43. The van der Waals surface area contributed by atoms with Gasteiger partial charge in [-0.25, -0.2) is 0 Å². The zero-order valence-electron chi connectivity index (χ0n) is 10.9. The Morgan fingerprint density at radius 2 is 1.79 bits per heavy atom. The van der Waals surface area contributed by atoms with E-state index in [4.69, 9.17) is 19.6 Å². The SMILES string of the molecule is CCOP(=O)(Cc1cccc(C#N)c1C#N)OCC. The summed E-state index contributed by atoms with van der Waals surface area (Å²) in [6, 6.07) is 8.77. The Hall–Kier alpha value is -1.65. The van der Waals surface area contributed by atoms with Crippen LogP contribution in [0.1, 0.15) is 30.5 Å². The van der Waals surface area contributed by atoms with Crippen molar-refractivity contribution < 1.29 is 13.6 Å². The van der Waals surface area contributed by atoms with Gasteiger partial charge in [0.15, 0.2) is 0 Å². The second-order valence-electron chi connectivity index (χ2n) is 3.67. The zero-order chi connectivity index (χ0) is 14.3. The molecule has 0 saturated heterocycles. The monoisotopic (exact) mass is 278 g/mol. The molecule has 1 aromatic rings. The average Bonchev–Trinajstić information content (AvgIpc) is 2.38. The molecule has 0 aliphatic heterocycles. The summed E-state index contributed by atoms with van der Waals surface area (Å²) in [5.74, 6) is 0. The third-order valence-electron chi connectivity index (χ3n) is 2.40. The summed E-state index contributed by atoms with van der Waals surface area (Å²) < 4.78 is 22.8. The molecule has 19 heavy (non-hydrogen) atoms. The molecular weight excluding hydrogens is 263 g/mol. The zero-order valence-corrected chi connectivity index (χ0v) is 11.8. The minimum atomic E-state index is -3.27. The lowest BCUT2D eigenvalue weighted by Gasteiger charge is -2.17. The van der Waals surface area contributed by atoms with Gasteiger partial charge in [0.05, 0.1) is 30.5 Å². The fourth-order valence-electron chi connectivity index (χ4n) is 1.69. The van der Waals surface area contributed by atoms with Crippen molar-refractivity contribution >= 4 is 7.60 Å². The highest BCUT2D eigenvalue weighted by atomic mass is 31.2. The number of hydrogen-bond acceptors (Lipinski definition) is 5.